The maximum atomic E-state index is 13.5. The van der Waals surface area contributed by atoms with Gasteiger partial charge in [0.2, 0.25) is 5.91 Å². The third-order valence-electron chi connectivity index (χ3n) is 12.8. The number of nitrogens with one attached hydrogen (secondary N) is 1. The average molecular weight is 1040 g/mol. The highest BCUT2D eigenvalue weighted by molar-refractivity contribution is 7.45. The second-order valence-corrected chi connectivity index (χ2v) is 22.5. The fraction of sp³-hybridized carbons (Fsp3) is 0.746. The molecular weight excluding hydrogens is 928 g/mol. The Morgan fingerprint density at radius 2 is 0.877 bits per heavy atom. The molecule has 3 unspecified atom stereocenters. The predicted molar refractivity (Wildman–Crippen MR) is 311 cm³/mol. The Kier molecular flexibility index (Phi) is 50.6. The van der Waals surface area contributed by atoms with Gasteiger partial charge in [-0.2, -0.15) is 0 Å². The molecule has 9 nitrogen and oxygen atoms in total. The van der Waals surface area contributed by atoms with Crippen LogP contribution in [0.1, 0.15) is 252 Å². The number of quaternary nitrogens is 1. The number of phosphoric acid groups is 1. The molecule has 0 aliphatic carbocycles. The Bertz CT molecular complexity index is 1530. The van der Waals surface area contributed by atoms with Crippen molar-refractivity contribution < 1.29 is 37.3 Å². The number of phosphoric ester groups is 1. The van der Waals surface area contributed by atoms with Crippen molar-refractivity contribution in [2.24, 2.45) is 0 Å². The van der Waals surface area contributed by atoms with Crippen molar-refractivity contribution in [3.63, 3.8) is 0 Å². The Hall–Kier alpha value is -2.81. The third kappa shape index (κ3) is 53.8. The molecule has 0 aromatic carbocycles. The maximum Gasteiger partial charge on any atom is 0.306 e. The van der Waals surface area contributed by atoms with Crippen molar-refractivity contribution in [3.05, 3.63) is 85.1 Å². The molecule has 10 heteroatoms. The van der Waals surface area contributed by atoms with Crippen LogP contribution in [-0.4, -0.2) is 69.4 Å². The Morgan fingerprint density at radius 3 is 1.36 bits per heavy atom. The van der Waals surface area contributed by atoms with Crippen LogP contribution < -0.4 is 10.2 Å². The molecular formula is C63H113N2O7P. The quantitative estimate of drug-likeness (QED) is 0.0212. The van der Waals surface area contributed by atoms with E-state index in [1.54, 1.807) is 0 Å². The number of esters is 1. The van der Waals surface area contributed by atoms with Crippen LogP contribution >= 0.6 is 7.82 Å². The molecule has 73 heavy (non-hydrogen) atoms. The first-order chi connectivity index (χ1) is 35.4. The summed E-state index contributed by atoms with van der Waals surface area (Å²) in [6, 6.07) is -0.910. The molecule has 1 N–H and O–H groups in total. The average Bonchev–Trinajstić information content (AvgIpc) is 3.35. The van der Waals surface area contributed by atoms with Crippen molar-refractivity contribution >= 4 is 19.7 Å². The van der Waals surface area contributed by atoms with Gasteiger partial charge in [0.25, 0.3) is 7.82 Å². The van der Waals surface area contributed by atoms with Gasteiger partial charge in [0, 0.05) is 12.8 Å². The lowest BCUT2D eigenvalue weighted by molar-refractivity contribution is -0.870. The van der Waals surface area contributed by atoms with Gasteiger partial charge < -0.3 is 28.5 Å². The molecule has 0 fully saturated rings. The molecule has 0 saturated heterocycles. The fourth-order valence-electron chi connectivity index (χ4n) is 8.19. The predicted octanol–water partition coefficient (Wildman–Crippen LogP) is 17.6. The molecule has 0 aliphatic rings. The molecule has 0 saturated carbocycles. The summed E-state index contributed by atoms with van der Waals surface area (Å²) in [5.41, 5.74) is 0. The molecule has 0 aromatic rings. The van der Waals surface area contributed by atoms with Crippen LogP contribution in [0.5, 0.6) is 0 Å². The van der Waals surface area contributed by atoms with E-state index < -0.39 is 26.6 Å². The minimum Gasteiger partial charge on any atom is -0.756 e. The molecule has 0 aromatic heterocycles. The molecule has 0 rings (SSSR count). The molecule has 0 spiro atoms. The van der Waals surface area contributed by atoms with Crippen LogP contribution in [0.2, 0.25) is 0 Å². The van der Waals surface area contributed by atoms with Crippen molar-refractivity contribution in [3.8, 4) is 0 Å². The number of hydrogen-bond acceptors (Lipinski definition) is 7. The van der Waals surface area contributed by atoms with Crippen LogP contribution in [0.25, 0.3) is 0 Å². The summed E-state index contributed by atoms with van der Waals surface area (Å²) < 4.78 is 30.2. The number of nitrogens with zero attached hydrogens (tertiary/aromatic N) is 1. The van der Waals surface area contributed by atoms with E-state index >= 15 is 0 Å². The van der Waals surface area contributed by atoms with E-state index in [2.05, 4.69) is 99.0 Å². The van der Waals surface area contributed by atoms with Gasteiger partial charge in [-0.25, -0.2) is 0 Å². The molecule has 0 bridgehead atoms. The summed E-state index contributed by atoms with van der Waals surface area (Å²) in [6.07, 6.45) is 68.3. The van der Waals surface area contributed by atoms with Crippen LogP contribution in [0, 0.1) is 0 Å². The van der Waals surface area contributed by atoms with E-state index in [9.17, 15) is 19.0 Å². The number of ether oxygens (including phenoxy) is 1. The van der Waals surface area contributed by atoms with Gasteiger partial charge in [-0.1, -0.05) is 222 Å². The Labute approximate surface area is 450 Å². The van der Waals surface area contributed by atoms with Gasteiger partial charge in [-0.05, 0) is 102 Å². The normalized spacial score (nSPS) is 14.3. The number of hydrogen-bond donors (Lipinski definition) is 1. The zero-order valence-electron chi connectivity index (χ0n) is 48.1. The summed E-state index contributed by atoms with van der Waals surface area (Å²) in [5.74, 6) is -0.584. The summed E-state index contributed by atoms with van der Waals surface area (Å²) >= 11 is 0. The van der Waals surface area contributed by atoms with E-state index in [1.807, 2.05) is 33.3 Å². The molecule has 1 amide bonds. The topological polar surface area (TPSA) is 114 Å². The lowest BCUT2D eigenvalue weighted by Gasteiger charge is -2.30. The summed E-state index contributed by atoms with van der Waals surface area (Å²) in [6.45, 7) is 6.67. The van der Waals surface area contributed by atoms with Crippen LogP contribution in [0.3, 0.4) is 0 Å². The number of unbranched alkanes of at least 4 members (excludes halogenated alkanes) is 25. The fourth-order valence-corrected chi connectivity index (χ4v) is 8.91. The van der Waals surface area contributed by atoms with Gasteiger partial charge in [0.15, 0.2) is 0 Å². The minimum atomic E-state index is -4.71. The Balaban J connectivity index is 5.35. The number of carbonyl (C=O) groups excluding carboxylic acids is 2. The summed E-state index contributed by atoms with van der Waals surface area (Å²) in [5, 5.41) is 3.00. The van der Waals surface area contributed by atoms with Crippen LogP contribution in [0.15, 0.2) is 85.1 Å². The number of rotatable bonds is 53. The van der Waals surface area contributed by atoms with Gasteiger partial charge in [-0.15, -0.1) is 0 Å². The first-order valence-corrected chi connectivity index (χ1v) is 31.4. The zero-order valence-corrected chi connectivity index (χ0v) is 49.0. The number of carbonyl (C=O) groups is 2. The second-order valence-electron chi connectivity index (χ2n) is 21.1. The molecule has 0 aliphatic heterocycles. The molecule has 3 atom stereocenters. The number of amides is 1. The van der Waals surface area contributed by atoms with E-state index in [-0.39, 0.29) is 31.3 Å². The van der Waals surface area contributed by atoms with Crippen molar-refractivity contribution in [1.29, 1.82) is 0 Å². The summed E-state index contributed by atoms with van der Waals surface area (Å²) in [7, 11) is 1.15. The molecule has 0 radical (unpaired) electrons. The minimum absolute atomic E-state index is 0.0328. The monoisotopic (exact) mass is 1040 g/mol. The van der Waals surface area contributed by atoms with E-state index in [0.29, 0.717) is 17.4 Å². The van der Waals surface area contributed by atoms with E-state index in [4.69, 9.17) is 13.8 Å². The van der Waals surface area contributed by atoms with Gasteiger partial charge in [-0.3, -0.25) is 14.2 Å². The highest BCUT2D eigenvalue weighted by Gasteiger charge is 2.27. The van der Waals surface area contributed by atoms with Crippen molar-refractivity contribution in [1.82, 2.24) is 5.32 Å². The SMILES string of the molecule is CC/C=C/C/C=C/C/C=C/C/C=C/CCCCCC(=O)NC(COP(=O)([O-])OCC[N+](C)(C)C)C(/C=C/CCCCCCCCCCCC)OC(=O)CCCCCCCCCCC/C=C\C/C=C\CCCCC. The molecule has 0 heterocycles. The molecule has 422 valence electrons. The lowest BCUT2D eigenvalue weighted by Crippen LogP contribution is -2.47. The highest BCUT2D eigenvalue weighted by Crippen LogP contribution is 2.38. The standard InChI is InChI=1S/C63H113N2O7P/c1-7-10-13-16-19-22-25-28-30-32-33-34-36-38-41-44-47-50-53-56-63(67)72-61(54-51-48-45-42-39-27-24-21-18-15-12-9-3)60(59-71-73(68,69)70-58-57-65(4,5)6)64-62(66)55-52-49-46-43-40-37-35-31-29-26-23-20-17-14-11-8-2/h11,14,19-20,22-23,28-31,37,40,51,54,60-61H,7-10,12-13,15-18,21,24-27,32-36,38-39,41-50,52-53,55-59H2,1-6H3,(H-,64,66,68,69)/b14-11+,22-19-,23-20+,30-28-,31-29+,40-37+,54-51+. The maximum absolute atomic E-state index is 13.5. The van der Waals surface area contributed by atoms with Crippen molar-refractivity contribution in [2.75, 3.05) is 40.9 Å². The third-order valence-corrected chi connectivity index (χ3v) is 13.8. The first kappa shape index (κ1) is 70.2. The second kappa shape index (κ2) is 52.6. The van der Waals surface area contributed by atoms with E-state index in [1.165, 1.54) is 109 Å². The van der Waals surface area contributed by atoms with E-state index in [0.717, 1.165) is 103 Å². The summed E-state index contributed by atoms with van der Waals surface area (Å²) in [4.78, 5) is 39.9. The lowest BCUT2D eigenvalue weighted by atomic mass is 10.0. The van der Waals surface area contributed by atoms with Crippen LogP contribution in [-0.2, 0) is 27.9 Å². The highest BCUT2D eigenvalue weighted by atomic mass is 31.2. The smallest absolute Gasteiger partial charge is 0.306 e. The van der Waals surface area contributed by atoms with Gasteiger partial charge in [0.05, 0.1) is 33.8 Å². The number of likely N-dealkylation sites (N-methyl/N-ethyl adjacent to an activating group) is 1. The van der Waals surface area contributed by atoms with Gasteiger partial charge in [0.1, 0.15) is 19.3 Å². The van der Waals surface area contributed by atoms with Crippen LogP contribution in [0.4, 0.5) is 0 Å². The van der Waals surface area contributed by atoms with Crippen molar-refractivity contribution in [2.45, 2.75) is 264 Å². The number of allylic oxidation sites excluding steroid dienone is 13. The zero-order chi connectivity index (χ0) is 53.6. The first-order valence-electron chi connectivity index (χ1n) is 29.9. The van der Waals surface area contributed by atoms with Gasteiger partial charge >= 0.3 is 5.97 Å². The Morgan fingerprint density at radius 1 is 0.493 bits per heavy atom. The largest absolute Gasteiger partial charge is 0.756 e.